The zero-order valence-electron chi connectivity index (χ0n) is 14.1. The summed E-state index contributed by atoms with van der Waals surface area (Å²) in [6.45, 7) is 7.20. The van der Waals surface area contributed by atoms with Gasteiger partial charge in [-0.05, 0) is 73.8 Å². The molecule has 4 aliphatic rings. The highest BCUT2D eigenvalue weighted by Gasteiger charge is 2.53. The molecule has 1 heteroatoms. The molecule has 0 amide bonds. The average Bonchev–Trinajstić information content (AvgIpc) is 2.94. The summed E-state index contributed by atoms with van der Waals surface area (Å²) in [7, 11) is 0. The molecule has 0 aromatic carbocycles. The van der Waals surface area contributed by atoms with Crippen molar-refractivity contribution in [2.45, 2.75) is 52.9 Å². The number of hydrogen-bond acceptors (Lipinski definition) is 1. The van der Waals surface area contributed by atoms with Gasteiger partial charge in [0.1, 0.15) is 0 Å². The van der Waals surface area contributed by atoms with Crippen LogP contribution in [0.4, 0.5) is 0 Å². The molecular formula is C21H28O. The van der Waals surface area contributed by atoms with E-state index in [4.69, 9.17) is 0 Å². The molecule has 0 radical (unpaired) electrons. The van der Waals surface area contributed by atoms with Gasteiger partial charge in [-0.1, -0.05) is 44.1 Å². The molecule has 1 nitrogen and oxygen atoms in total. The quantitative estimate of drug-likeness (QED) is 0.615. The molecule has 0 aromatic rings. The van der Waals surface area contributed by atoms with Gasteiger partial charge in [-0.3, -0.25) is 4.79 Å². The minimum atomic E-state index is 0.144. The second-order valence-corrected chi connectivity index (χ2v) is 8.27. The van der Waals surface area contributed by atoms with Crippen molar-refractivity contribution in [2.24, 2.45) is 35.0 Å². The Hall–Kier alpha value is -1.11. The van der Waals surface area contributed by atoms with E-state index in [1.807, 2.05) is 12.2 Å². The fraction of sp³-hybridized carbons (Fsp3) is 0.667. The van der Waals surface area contributed by atoms with Crippen molar-refractivity contribution in [1.29, 1.82) is 0 Å². The average molecular weight is 296 g/mol. The standard InChI is InChI=1S/C21H28O/c1-4-14-5-7-18-17-8-6-15-12-16(22)9-10-21(15,3)19(17)11-13(2)20(14)18/h5,9-10,12-13,17-20H,4,6-8,11H2,1-3H3/t13-,17?,18?,19?,20?,21+/m1/s1. The molecule has 4 aliphatic carbocycles. The Morgan fingerprint density at radius 1 is 1.32 bits per heavy atom. The van der Waals surface area contributed by atoms with Crippen molar-refractivity contribution in [1.82, 2.24) is 0 Å². The first-order valence-corrected chi connectivity index (χ1v) is 9.17. The summed E-state index contributed by atoms with van der Waals surface area (Å²) < 4.78 is 0. The Labute approximate surface area is 134 Å². The SMILES string of the molecule is CCC1=CCC2C3CCC4=CC(=O)C=C[C@]4(C)C3C[C@@H](C)C12. The lowest BCUT2D eigenvalue weighted by atomic mass is 9.49. The van der Waals surface area contributed by atoms with Gasteiger partial charge in [0, 0.05) is 5.41 Å². The van der Waals surface area contributed by atoms with Crippen molar-refractivity contribution in [3.05, 3.63) is 35.5 Å². The van der Waals surface area contributed by atoms with Crippen molar-refractivity contribution < 1.29 is 4.79 Å². The maximum Gasteiger partial charge on any atom is 0.178 e. The molecular weight excluding hydrogens is 268 g/mol. The van der Waals surface area contributed by atoms with Crippen LogP contribution in [-0.2, 0) is 4.79 Å². The Balaban J connectivity index is 1.69. The van der Waals surface area contributed by atoms with Crippen LogP contribution < -0.4 is 0 Å². The number of rotatable bonds is 1. The van der Waals surface area contributed by atoms with Crippen LogP contribution in [0.15, 0.2) is 35.5 Å². The highest BCUT2D eigenvalue weighted by Crippen LogP contribution is 2.62. The van der Waals surface area contributed by atoms with Gasteiger partial charge in [0.25, 0.3) is 0 Å². The molecule has 0 aromatic heterocycles. The summed E-state index contributed by atoms with van der Waals surface area (Å²) in [6.07, 6.45) is 14.9. The zero-order valence-corrected chi connectivity index (χ0v) is 14.1. The monoisotopic (exact) mass is 296 g/mol. The van der Waals surface area contributed by atoms with E-state index in [9.17, 15) is 4.79 Å². The predicted octanol–water partition coefficient (Wildman–Crippen LogP) is 5.10. The van der Waals surface area contributed by atoms with Crippen LogP contribution in [0.3, 0.4) is 0 Å². The number of fused-ring (bicyclic) bond motifs is 5. The molecule has 0 heterocycles. The molecule has 2 fully saturated rings. The predicted molar refractivity (Wildman–Crippen MR) is 90.3 cm³/mol. The summed E-state index contributed by atoms with van der Waals surface area (Å²) in [6, 6.07) is 0. The van der Waals surface area contributed by atoms with Gasteiger partial charge in [0.2, 0.25) is 0 Å². The Morgan fingerprint density at radius 2 is 2.14 bits per heavy atom. The number of hydrogen-bond donors (Lipinski definition) is 0. The Morgan fingerprint density at radius 3 is 2.91 bits per heavy atom. The first-order chi connectivity index (χ1) is 10.5. The first kappa shape index (κ1) is 14.5. The summed E-state index contributed by atoms with van der Waals surface area (Å²) in [5.74, 6) is 4.28. The zero-order chi connectivity index (χ0) is 15.5. The van der Waals surface area contributed by atoms with Crippen LogP contribution in [0.5, 0.6) is 0 Å². The summed E-state index contributed by atoms with van der Waals surface area (Å²) in [4.78, 5) is 11.8. The van der Waals surface area contributed by atoms with E-state index in [1.165, 1.54) is 31.3 Å². The molecule has 2 saturated carbocycles. The van der Waals surface area contributed by atoms with Gasteiger partial charge in [-0.15, -0.1) is 0 Å². The maximum absolute atomic E-state index is 11.8. The van der Waals surface area contributed by atoms with Crippen molar-refractivity contribution in [3.8, 4) is 0 Å². The van der Waals surface area contributed by atoms with Gasteiger partial charge in [-0.2, -0.15) is 0 Å². The third kappa shape index (κ3) is 1.87. The van der Waals surface area contributed by atoms with Crippen LogP contribution in [0.25, 0.3) is 0 Å². The minimum Gasteiger partial charge on any atom is -0.290 e. The number of carbonyl (C=O) groups excluding carboxylic acids is 1. The highest BCUT2D eigenvalue weighted by atomic mass is 16.1. The fourth-order valence-electron chi connectivity index (χ4n) is 6.34. The third-order valence-electron chi connectivity index (χ3n) is 7.37. The molecule has 6 atom stereocenters. The van der Waals surface area contributed by atoms with Crippen LogP contribution in [0, 0.1) is 35.0 Å². The molecule has 0 spiro atoms. The lowest BCUT2D eigenvalue weighted by Crippen LogP contribution is -2.48. The second-order valence-electron chi connectivity index (χ2n) is 8.27. The maximum atomic E-state index is 11.8. The number of ketones is 1. The third-order valence-corrected chi connectivity index (χ3v) is 7.37. The van der Waals surface area contributed by atoms with E-state index in [-0.39, 0.29) is 11.2 Å². The van der Waals surface area contributed by atoms with Crippen LogP contribution >= 0.6 is 0 Å². The fourth-order valence-corrected chi connectivity index (χ4v) is 6.34. The lowest BCUT2D eigenvalue weighted by molar-refractivity contribution is -0.111. The van der Waals surface area contributed by atoms with Crippen molar-refractivity contribution >= 4 is 5.78 Å². The topological polar surface area (TPSA) is 17.1 Å². The van der Waals surface area contributed by atoms with Gasteiger partial charge in [-0.25, -0.2) is 0 Å². The smallest absolute Gasteiger partial charge is 0.178 e. The van der Waals surface area contributed by atoms with Gasteiger partial charge < -0.3 is 0 Å². The van der Waals surface area contributed by atoms with Crippen LogP contribution in [0.2, 0.25) is 0 Å². The van der Waals surface area contributed by atoms with E-state index in [2.05, 4.69) is 32.9 Å². The first-order valence-electron chi connectivity index (χ1n) is 9.17. The van der Waals surface area contributed by atoms with Crippen LogP contribution in [-0.4, -0.2) is 5.78 Å². The lowest BCUT2D eigenvalue weighted by Gasteiger charge is -2.55. The van der Waals surface area contributed by atoms with Crippen molar-refractivity contribution in [2.75, 3.05) is 0 Å². The molecule has 0 bridgehead atoms. The normalized spacial score (nSPS) is 46.5. The van der Waals surface area contributed by atoms with E-state index >= 15 is 0 Å². The molecule has 0 aliphatic heterocycles. The molecule has 0 N–H and O–H groups in total. The summed E-state index contributed by atoms with van der Waals surface area (Å²) >= 11 is 0. The van der Waals surface area contributed by atoms with Gasteiger partial charge in [0.05, 0.1) is 0 Å². The molecule has 118 valence electrons. The van der Waals surface area contributed by atoms with E-state index < -0.39 is 0 Å². The minimum absolute atomic E-state index is 0.144. The Bertz CT molecular complexity index is 593. The van der Waals surface area contributed by atoms with E-state index in [0.29, 0.717) is 0 Å². The summed E-state index contributed by atoms with van der Waals surface area (Å²) in [5, 5.41) is 0. The summed E-state index contributed by atoms with van der Waals surface area (Å²) in [5.41, 5.74) is 3.29. The van der Waals surface area contributed by atoms with E-state index in [0.717, 1.165) is 36.0 Å². The molecule has 0 saturated heterocycles. The second kappa shape index (κ2) is 4.94. The Kier molecular flexibility index (Phi) is 3.25. The van der Waals surface area contributed by atoms with Crippen molar-refractivity contribution in [3.63, 3.8) is 0 Å². The molecule has 4 unspecified atom stereocenters. The molecule has 4 rings (SSSR count). The number of allylic oxidation sites excluding steroid dienone is 6. The molecule has 22 heavy (non-hydrogen) atoms. The highest BCUT2D eigenvalue weighted by molar-refractivity contribution is 6.01. The number of carbonyl (C=O) groups is 1. The van der Waals surface area contributed by atoms with E-state index in [1.54, 1.807) is 5.57 Å². The van der Waals surface area contributed by atoms with Gasteiger partial charge in [0.15, 0.2) is 5.78 Å². The van der Waals surface area contributed by atoms with Crippen LogP contribution in [0.1, 0.15) is 52.9 Å². The van der Waals surface area contributed by atoms with Gasteiger partial charge >= 0.3 is 0 Å². The largest absolute Gasteiger partial charge is 0.290 e.